The van der Waals surface area contributed by atoms with E-state index in [-0.39, 0.29) is 19.2 Å². The molecular weight excluding hydrogens is 435 g/mol. The molecule has 1 fully saturated rings. The molecule has 1 aliphatic heterocycles. The fourth-order valence-electron chi connectivity index (χ4n) is 2.76. The van der Waals surface area contributed by atoms with E-state index < -0.39 is 23.9 Å². The summed E-state index contributed by atoms with van der Waals surface area (Å²) in [6.45, 7) is 1.32. The Balaban J connectivity index is 1.61. The Labute approximate surface area is 159 Å². The first-order valence-corrected chi connectivity index (χ1v) is 18.9. The van der Waals surface area contributed by atoms with Crippen LogP contribution in [-0.4, -0.2) is 48.0 Å². The Morgan fingerprint density at radius 2 is 1.96 bits per heavy atom. The van der Waals surface area contributed by atoms with Crippen molar-refractivity contribution in [3.63, 3.8) is 0 Å². The van der Waals surface area contributed by atoms with Gasteiger partial charge in [-0.3, -0.25) is 0 Å². The van der Waals surface area contributed by atoms with Gasteiger partial charge >= 0.3 is 153 Å². The van der Waals surface area contributed by atoms with Gasteiger partial charge in [-0.2, -0.15) is 0 Å². The molecule has 0 amide bonds. The van der Waals surface area contributed by atoms with E-state index in [0.717, 1.165) is 17.9 Å². The van der Waals surface area contributed by atoms with Crippen molar-refractivity contribution in [1.82, 2.24) is 10.3 Å². The minimum atomic E-state index is -2.20. The standard InChI is InChI=1S/C17H17N2O3.3CH3.Sn/c20-16(21-12-14-5-2-1-3-6-14)17(8-10-19-17)13-22-15-7-4-9-18-11-15;;;;/h1-3,5-7,9,11,19H,8,10,12-13H2;3*1H3;/t17-;;;;/m0..../s1. The van der Waals surface area contributed by atoms with E-state index in [9.17, 15) is 4.79 Å². The number of hydrogen-bond donors (Lipinski definition) is 1. The average Bonchev–Trinajstić information content (AvgIpc) is 2.59. The molecule has 0 bridgehead atoms. The Kier molecular flexibility index (Phi) is 5.87. The van der Waals surface area contributed by atoms with Crippen LogP contribution >= 0.6 is 0 Å². The molecular formula is C20H26N2O3Sn. The molecule has 6 heteroatoms. The number of esters is 1. The summed E-state index contributed by atoms with van der Waals surface area (Å²) in [6.07, 6.45) is 4.36. The minimum absolute atomic E-state index is 0.255. The number of rotatable bonds is 7. The van der Waals surface area contributed by atoms with Gasteiger partial charge in [0.1, 0.15) is 0 Å². The number of benzene rings is 1. The van der Waals surface area contributed by atoms with Crippen LogP contribution in [0.2, 0.25) is 14.8 Å². The molecule has 26 heavy (non-hydrogen) atoms. The topological polar surface area (TPSA) is 60.5 Å². The molecule has 2 heterocycles. The quantitative estimate of drug-likeness (QED) is 0.508. The van der Waals surface area contributed by atoms with Gasteiger partial charge in [-0.25, -0.2) is 0 Å². The molecule has 1 aromatic carbocycles. The number of nitrogens with one attached hydrogen (secondary N) is 1. The van der Waals surface area contributed by atoms with E-state index >= 15 is 0 Å². The zero-order valence-electron chi connectivity index (χ0n) is 15.6. The van der Waals surface area contributed by atoms with Crippen LogP contribution < -0.4 is 13.6 Å². The predicted molar refractivity (Wildman–Crippen MR) is 104 cm³/mol. The summed E-state index contributed by atoms with van der Waals surface area (Å²) in [5.74, 6) is 0.463. The number of hydrogen-bond acceptors (Lipinski definition) is 5. The first-order valence-electron chi connectivity index (χ1n) is 8.94. The SMILES string of the molecule is [CH3][Sn]([CH3])([CH3])[c]1cncc(OC[C@]2(C(=O)OCc3ccccc3)CCN2)c1. The van der Waals surface area contributed by atoms with Crippen molar-refractivity contribution in [3.05, 3.63) is 54.4 Å². The molecule has 3 rings (SSSR count). The third-order valence-electron chi connectivity index (χ3n) is 4.68. The van der Waals surface area contributed by atoms with Crippen molar-refractivity contribution in [2.45, 2.75) is 33.4 Å². The van der Waals surface area contributed by atoms with Crippen LogP contribution in [0.1, 0.15) is 12.0 Å². The number of nitrogens with zero attached hydrogens (tertiary/aromatic N) is 1. The van der Waals surface area contributed by atoms with Crippen molar-refractivity contribution in [2.75, 3.05) is 13.2 Å². The van der Waals surface area contributed by atoms with E-state index in [1.54, 1.807) is 6.20 Å². The van der Waals surface area contributed by atoms with Gasteiger partial charge < -0.3 is 0 Å². The Bertz CT molecular complexity index is 755. The first-order chi connectivity index (χ1) is 12.4. The predicted octanol–water partition coefficient (Wildman–Crippen LogP) is 2.48. The molecule has 2 aromatic rings. The molecule has 0 saturated carbocycles. The summed E-state index contributed by atoms with van der Waals surface area (Å²) in [6, 6.07) is 11.8. The van der Waals surface area contributed by atoms with Crippen molar-refractivity contribution < 1.29 is 14.3 Å². The van der Waals surface area contributed by atoms with Crippen LogP contribution in [0.25, 0.3) is 0 Å². The monoisotopic (exact) mass is 462 g/mol. The maximum atomic E-state index is 12.6. The molecule has 138 valence electrons. The molecule has 0 radical (unpaired) electrons. The van der Waals surface area contributed by atoms with Gasteiger partial charge in [0.2, 0.25) is 0 Å². The van der Waals surface area contributed by atoms with Crippen LogP contribution in [-0.2, 0) is 16.1 Å². The van der Waals surface area contributed by atoms with Crippen LogP contribution in [0.15, 0.2) is 48.8 Å². The summed E-state index contributed by atoms with van der Waals surface area (Å²) >= 11 is -2.20. The zero-order valence-corrected chi connectivity index (χ0v) is 18.5. The zero-order chi connectivity index (χ0) is 18.6. The summed E-state index contributed by atoms with van der Waals surface area (Å²) < 4.78 is 12.7. The number of carbonyl (C=O) groups is 1. The maximum absolute atomic E-state index is 12.6. The molecule has 1 aliphatic rings. The molecule has 1 N–H and O–H groups in total. The number of carbonyl (C=O) groups excluding carboxylic acids is 1. The van der Waals surface area contributed by atoms with Crippen molar-refractivity contribution in [1.29, 1.82) is 0 Å². The van der Waals surface area contributed by atoms with Gasteiger partial charge in [0.15, 0.2) is 0 Å². The Morgan fingerprint density at radius 1 is 1.23 bits per heavy atom. The van der Waals surface area contributed by atoms with E-state index in [1.807, 2.05) is 36.5 Å². The first kappa shape index (κ1) is 19.2. The van der Waals surface area contributed by atoms with Gasteiger partial charge in [-0.1, -0.05) is 6.07 Å². The van der Waals surface area contributed by atoms with E-state index in [4.69, 9.17) is 9.47 Å². The van der Waals surface area contributed by atoms with Crippen molar-refractivity contribution in [2.24, 2.45) is 0 Å². The fourth-order valence-corrected chi connectivity index (χ4v) is 5.72. The summed E-state index contributed by atoms with van der Waals surface area (Å²) in [4.78, 5) is 23.9. The van der Waals surface area contributed by atoms with Crippen molar-refractivity contribution >= 4 is 27.9 Å². The van der Waals surface area contributed by atoms with E-state index in [0.29, 0.717) is 6.42 Å². The van der Waals surface area contributed by atoms with Gasteiger partial charge in [0.25, 0.3) is 0 Å². The van der Waals surface area contributed by atoms with E-state index in [2.05, 4.69) is 31.2 Å². The van der Waals surface area contributed by atoms with Crippen LogP contribution in [0.4, 0.5) is 0 Å². The molecule has 0 spiro atoms. The van der Waals surface area contributed by atoms with Gasteiger partial charge in [0, 0.05) is 0 Å². The molecule has 5 nitrogen and oxygen atoms in total. The van der Waals surface area contributed by atoms with Gasteiger partial charge in [0.05, 0.1) is 0 Å². The normalized spacial score (nSPS) is 19.5. The number of ether oxygens (including phenoxy) is 2. The Morgan fingerprint density at radius 3 is 2.58 bits per heavy atom. The van der Waals surface area contributed by atoms with E-state index in [1.165, 1.54) is 3.58 Å². The molecule has 1 saturated heterocycles. The molecule has 1 atom stereocenters. The third kappa shape index (κ3) is 4.57. The van der Waals surface area contributed by atoms with Gasteiger partial charge in [-0.15, -0.1) is 0 Å². The second kappa shape index (κ2) is 7.96. The van der Waals surface area contributed by atoms with Crippen molar-refractivity contribution in [3.8, 4) is 5.75 Å². The van der Waals surface area contributed by atoms with Crippen LogP contribution in [0.5, 0.6) is 5.75 Å². The number of aromatic nitrogens is 1. The summed E-state index contributed by atoms with van der Waals surface area (Å²) in [7, 11) is 0. The second-order valence-electron chi connectivity index (χ2n) is 7.77. The number of pyridine rings is 1. The Hall–Kier alpha value is -1.60. The van der Waals surface area contributed by atoms with Crippen LogP contribution in [0, 0.1) is 0 Å². The fraction of sp³-hybridized carbons (Fsp3) is 0.400. The molecule has 1 aromatic heterocycles. The van der Waals surface area contributed by atoms with Crippen LogP contribution in [0.3, 0.4) is 0 Å². The van der Waals surface area contributed by atoms with Gasteiger partial charge in [-0.05, 0) is 0 Å². The third-order valence-corrected chi connectivity index (χ3v) is 10.4. The summed E-state index contributed by atoms with van der Waals surface area (Å²) in [5, 5.41) is 3.20. The second-order valence-corrected chi connectivity index (χ2v) is 22.3. The molecule has 0 aliphatic carbocycles. The average molecular weight is 461 g/mol. The molecule has 0 unspecified atom stereocenters. The summed E-state index contributed by atoms with van der Waals surface area (Å²) in [5.41, 5.74) is 0.223.